The molecule has 0 aliphatic carbocycles. The number of rotatable bonds is 9. The third kappa shape index (κ3) is 6.70. The smallest absolute Gasteiger partial charge is 0.319 e. The Labute approximate surface area is 167 Å². The van der Waals surface area contributed by atoms with Gasteiger partial charge in [0, 0.05) is 31.4 Å². The summed E-state index contributed by atoms with van der Waals surface area (Å²) in [5, 5.41) is 8.24. The van der Waals surface area contributed by atoms with Gasteiger partial charge in [-0.3, -0.25) is 4.79 Å². The first kappa shape index (κ1) is 21.4. The standard InChI is InChI=1S/C22H30N4O2/c1-4-26(5-2)14-13-17-9-11-20(12-10-17)25-22(28)24-16-18-7-6-8-19(15-18)21(27)23-3/h6-12,15H,4-5,13-14,16H2,1-3H3,(H,23,27)(H2,24,25,28). The summed E-state index contributed by atoms with van der Waals surface area (Å²) in [7, 11) is 1.59. The highest BCUT2D eigenvalue weighted by molar-refractivity contribution is 5.94. The number of likely N-dealkylation sites (N-methyl/N-ethyl adjacent to an activating group) is 1. The SMILES string of the molecule is CCN(CC)CCc1ccc(NC(=O)NCc2cccc(C(=O)NC)c2)cc1. The van der Waals surface area contributed by atoms with Crippen LogP contribution in [-0.2, 0) is 13.0 Å². The Morgan fingerprint density at radius 3 is 2.32 bits per heavy atom. The number of carbonyl (C=O) groups is 2. The minimum Gasteiger partial charge on any atom is -0.355 e. The van der Waals surface area contributed by atoms with Crippen LogP contribution in [0.4, 0.5) is 10.5 Å². The fourth-order valence-corrected chi connectivity index (χ4v) is 2.91. The van der Waals surface area contributed by atoms with Gasteiger partial charge in [0.2, 0.25) is 0 Å². The van der Waals surface area contributed by atoms with Gasteiger partial charge in [0.05, 0.1) is 0 Å². The van der Waals surface area contributed by atoms with Gasteiger partial charge in [-0.15, -0.1) is 0 Å². The summed E-state index contributed by atoms with van der Waals surface area (Å²) in [6, 6.07) is 14.8. The van der Waals surface area contributed by atoms with Crippen molar-refractivity contribution >= 4 is 17.6 Å². The molecule has 2 aromatic rings. The molecule has 0 spiro atoms. The molecule has 6 nitrogen and oxygen atoms in total. The average Bonchev–Trinajstić information content (AvgIpc) is 2.73. The number of amides is 3. The van der Waals surface area contributed by atoms with Gasteiger partial charge in [-0.25, -0.2) is 4.79 Å². The summed E-state index contributed by atoms with van der Waals surface area (Å²) in [5.74, 6) is -0.146. The summed E-state index contributed by atoms with van der Waals surface area (Å²) in [6.07, 6.45) is 0.996. The number of hydrogen-bond acceptors (Lipinski definition) is 3. The minimum atomic E-state index is -0.277. The molecule has 28 heavy (non-hydrogen) atoms. The molecule has 0 aliphatic heterocycles. The van der Waals surface area contributed by atoms with E-state index in [2.05, 4.69) is 34.7 Å². The van der Waals surface area contributed by atoms with Crippen molar-refractivity contribution in [1.82, 2.24) is 15.5 Å². The topological polar surface area (TPSA) is 73.5 Å². The highest BCUT2D eigenvalue weighted by atomic mass is 16.2. The van der Waals surface area contributed by atoms with Gasteiger partial charge >= 0.3 is 6.03 Å². The number of nitrogens with zero attached hydrogens (tertiary/aromatic N) is 1. The lowest BCUT2D eigenvalue weighted by molar-refractivity contribution is 0.0963. The Morgan fingerprint density at radius 2 is 1.68 bits per heavy atom. The summed E-state index contributed by atoms with van der Waals surface area (Å²) in [6.45, 7) is 7.84. The number of hydrogen-bond donors (Lipinski definition) is 3. The van der Waals surface area contributed by atoms with Crippen molar-refractivity contribution < 1.29 is 9.59 Å². The number of urea groups is 1. The second kappa shape index (κ2) is 11.1. The van der Waals surface area contributed by atoms with Crippen LogP contribution in [0.1, 0.15) is 35.3 Å². The van der Waals surface area contributed by atoms with E-state index >= 15 is 0 Å². The predicted octanol–water partition coefficient (Wildman–Crippen LogP) is 3.25. The molecule has 150 valence electrons. The van der Waals surface area contributed by atoms with Crippen molar-refractivity contribution in [3.63, 3.8) is 0 Å². The number of anilines is 1. The number of carbonyl (C=O) groups excluding carboxylic acids is 2. The normalized spacial score (nSPS) is 10.6. The second-order valence-corrected chi connectivity index (χ2v) is 6.56. The Morgan fingerprint density at radius 1 is 0.964 bits per heavy atom. The fourth-order valence-electron chi connectivity index (χ4n) is 2.91. The van der Waals surface area contributed by atoms with E-state index in [-0.39, 0.29) is 11.9 Å². The summed E-state index contributed by atoms with van der Waals surface area (Å²) >= 11 is 0. The highest BCUT2D eigenvalue weighted by Gasteiger charge is 2.06. The highest BCUT2D eigenvalue weighted by Crippen LogP contribution is 2.11. The molecule has 6 heteroatoms. The van der Waals surface area contributed by atoms with E-state index < -0.39 is 0 Å². The van der Waals surface area contributed by atoms with E-state index in [1.54, 1.807) is 25.2 Å². The van der Waals surface area contributed by atoms with Gasteiger partial charge in [-0.05, 0) is 54.9 Å². The van der Waals surface area contributed by atoms with Crippen LogP contribution in [0.3, 0.4) is 0 Å². The van der Waals surface area contributed by atoms with E-state index in [0.29, 0.717) is 12.1 Å². The lowest BCUT2D eigenvalue weighted by atomic mass is 10.1. The zero-order valence-electron chi connectivity index (χ0n) is 16.9. The van der Waals surface area contributed by atoms with Crippen molar-refractivity contribution in [3.8, 4) is 0 Å². The number of nitrogens with one attached hydrogen (secondary N) is 3. The molecule has 0 aromatic heterocycles. The molecule has 2 aromatic carbocycles. The quantitative estimate of drug-likeness (QED) is 0.623. The maximum absolute atomic E-state index is 12.1. The zero-order valence-corrected chi connectivity index (χ0v) is 16.9. The fraction of sp³-hybridized carbons (Fsp3) is 0.364. The molecule has 3 amide bonds. The van der Waals surface area contributed by atoms with Crippen LogP contribution in [0.5, 0.6) is 0 Å². The maximum atomic E-state index is 12.1. The molecule has 0 bridgehead atoms. The van der Waals surface area contributed by atoms with Gasteiger partial charge in [-0.2, -0.15) is 0 Å². The van der Waals surface area contributed by atoms with Crippen LogP contribution < -0.4 is 16.0 Å². The molecule has 0 aliphatic rings. The Kier molecular flexibility index (Phi) is 8.49. The largest absolute Gasteiger partial charge is 0.355 e. The predicted molar refractivity (Wildman–Crippen MR) is 114 cm³/mol. The molecule has 0 atom stereocenters. The van der Waals surface area contributed by atoms with Gasteiger partial charge in [0.15, 0.2) is 0 Å². The Balaban J connectivity index is 1.82. The molecule has 0 saturated heterocycles. The summed E-state index contributed by atoms with van der Waals surface area (Å²) in [5.41, 5.74) is 3.44. The van der Waals surface area contributed by atoms with Crippen LogP contribution in [0.15, 0.2) is 48.5 Å². The first-order valence-corrected chi connectivity index (χ1v) is 9.72. The van der Waals surface area contributed by atoms with E-state index in [4.69, 9.17) is 0 Å². The lowest BCUT2D eigenvalue weighted by Crippen LogP contribution is -2.28. The van der Waals surface area contributed by atoms with Crippen molar-refractivity contribution in [2.45, 2.75) is 26.8 Å². The van der Waals surface area contributed by atoms with E-state index in [9.17, 15) is 9.59 Å². The molecule has 3 N–H and O–H groups in total. The lowest BCUT2D eigenvalue weighted by Gasteiger charge is -2.17. The average molecular weight is 383 g/mol. The third-order valence-corrected chi connectivity index (χ3v) is 4.69. The van der Waals surface area contributed by atoms with Crippen molar-refractivity contribution in [2.75, 3.05) is 32.0 Å². The van der Waals surface area contributed by atoms with Crippen LogP contribution in [-0.4, -0.2) is 43.5 Å². The summed E-state index contributed by atoms with van der Waals surface area (Å²) < 4.78 is 0. The van der Waals surface area contributed by atoms with Crippen LogP contribution in [0.25, 0.3) is 0 Å². The van der Waals surface area contributed by atoms with Crippen LogP contribution >= 0.6 is 0 Å². The minimum absolute atomic E-state index is 0.146. The second-order valence-electron chi connectivity index (χ2n) is 6.56. The Bertz CT molecular complexity index is 770. The van der Waals surface area contributed by atoms with Gasteiger partial charge in [-0.1, -0.05) is 38.1 Å². The van der Waals surface area contributed by atoms with E-state index in [0.717, 1.165) is 37.3 Å². The van der Waals surface area contributed by atoms with E-state index in [1.807, 2.05) is 30.3 Å². The Hall–Kier alpha value is -2.86. The van der Waals surface area contributed by atoms with E-state index in [1.165, 1.54) is 5.56 Å². The van der Waals surface area contributed by atoms with Crippen molar-refractivity contribution in [1.29, 1.82) is 0 Å². The zero-order chi connectivity index (χ0) is 20.4. The number of benzene rings is 2. The summed E-state index contributed by atoms with van der Waals surface area (Å²) in [4.78, 5) is 26.2. The molecule has 0 heterocycles. The van der Waals surface area contributed by atoms with Crippen LogP contribution in [0, 0.1) is 0 Å². The molecular weight excluding hydrogens is 352 g/mol. The molecule has 2 rings (SSSR count). The molecule has 0 fully saturated rings. The van der Waals surface area contributed by atoms with Crippen LogP contribution in [0.2, 0.25) is 0 Å². The molecular formula is C22H30N4O2. The molecule has 0 radical (unpaired) electrons. The first-order chi connectivity index (χ1) is 13.5. The van der Waals surface area contributed by atoms with Gasteiger partial charge in [0.1, 0.15) is 0 Å². The van der Waals surface area contributed by atoms with Crippen molar-refractivity contribution in [2.24, 2.45) is 0 Å². The molecule has 0 unspecified atom stereocenters. The monoisotopic (exact) mass is 382 g/mol. The van der Waals surface area contributed by atoms with Crippen molar-refractivity contribution in [3.05, 3.63) is 65.2 Å². The third-order valence-electron chi connectivity index (χ3n) is 4.69. The van der Waals surface area contributed by atoms with Gasteiger partial charge < -0.3 is 20.9 Å². The maximum Gasteiger partial charge on any atom is 0.319 e. The molecule has 0 saturated carbocycles. The first-order valence-electron chi connectivity index (χ1n) is 9.72. The van der Waals surface area contributed by atoms with Gasteiger partial charge in [0.25, 0.3) is 5.91 Å².